The number of rotatable bonds is 6. The normalized spacial score (nSPS) is 13.1. The van der Waals surface area contributed by atoms with E-state index in [2.05, 4.69) is 10.4 Å². The molecule has 2 amide bonds. The second-order valence-corrected chi connectivity index (χ2v) is 7.90. The molecule has 0 saturated carbocycles. The van der Waals surface area contributed by atoms with E-state index >= 15 is 0 Å². The van der Waals surface area contributed by atoms with Crippen LogP contribution in [0.3, 0.4) is 0 Å². The Morgan fingerprint density at radius 2 is 2.00 bits per heavy atom. The Morgan fingerprint density at radius 1 is 1.12 bits per heavy atom. The van der Waals surface area contributed by atoms with Crippen LogP contribution in [-0.4, -0.2) is 35.0 Å². The number of urea groups is 1. The van der Waals surface area contributed by atoms with Crippen LogP contribution in [0.25, 0.3) is 0 Å². The van der Waals surface area contributed by atoms with Crippen LogP contribution in [0.1, 0.15) is 36.5 Å². The van der Waals surface area contributed by atoms with Gasteiger partial charge in [-0.3, -0.25) is 4.90 Å². The molecule has 1 aromatic heterocycles. The molecular weight excluding hydrogens is 406 g/mol. The van der Waals surface area contributed by atoms with E-state index in [0.29, 0.717) is 23.0 Å². The molecule has 0 atom stereocenters. The molecule has 0 radical (unpaired) electrons. The Labute approximate surface area is 188 Å². The minimum absolute atomic E-state index is 0.210. The van der Waals surface area contributed by atoms with Gasteiger partial charge in [0, 0.05) is 24.7 Å². The third kappa shape index (κ3) is 4.85. The molecule has 3 aromatic rings. The average molecular weight is 436 g/mol. The van der Waals surface area contributed by atoms with Crippen molar-refractivity contribution in [3.63, 3.8) is 0 Å². The van der Waals surface area contributed by atoms with Crippen molar-refractivity contribution < 1.29 is 14.3 Å². The number of nitrogens with zero attached hydrogens (tertiary/aromatic N) is 4. The summed E-state index contributed by atoms with van der Waals surface area (Å²) in [4.78, 5) is 19.8. The Hall–Kier alpha value is -3.55. The summed E-state index contributed by atoms with van der Waals surface area (Å²) in [5.74, 6) is 2.77. The van der Waals surface area contributed by atoms with Gasteiger partial charge < -0.3 is 14.8 Å². The van der Waals surface area contributed by atoms with Gasteiger partial charge in [0.2, 0.25) is 0 Å². The molecule has 1 aliphatic rings. The number of methoxy groups -OCH3 is 2. The van der Waals surface area contributed by atoms with Gasteiger partial charge in [-0.2, -0.15) is 5.10 Å². The fourth-order valence-electron chi connectivity index (χ4n) is 3.91. The van der Waals surface area contributed by atoms with Crippen LogP contribution in [0.2, 0.25) is 0 Å². The number of aromatic nitrogens is 3. The molecule has 0 fully saturated rings. The van der Waals surface area contributed by atoms with Crippen LogP contribution >= 0.6 is 0 Å². The molecule has 0 spiro atoms. The summed E-state index contributed by atoms with van der Waals surface area (Å²) in [5, 5.41) is 7.68. The van der Waals surface area contributed by atoms with Crippen molar-refractivity contribution in [1.82, 2.24) is 14.8 Å². The van der Waals surface area contributed by atoms with Gasteiger partial charge in [0.15, 0.2) is 5.82 Å². The molecule has 0 aliphatic carbocycles. The minimum Gasteiger partial charge on any atom is -0.497 e. The number of amides is 2. The number of anilines is 2. The fraction of sp³-hybridized carbons (Fsp3) is 0.375. The number of hydrogen-bond acceptors (Lipinski definition) is 5. The number of carbonyl (C=O) groups excluding carboxylic acids is 1. The van der Waals surface area contributed by atoms with Crippen LogP contribution in [0.15, 0.2) is 42.5 Å². The molecule has 0 saturated heterocycles. The van der Waals surface area contributed by atoms with Crippen molar-refractivity contribution in [2.45, 2.75) is 45.7 Å². The maximum Gasteiger partial charge on any atom is 0.326 e. The Balaban J connectivity index is 1.69. The third-order valence-corrected chi connectivity index (χ3v) is 5.55. The molecule has 1 aliphatic heterocycles. The van der Waals surface area contributed by atoms with Crippen molar-refractivity contribution in [3.05, 3.63) is 59.7 Å². The highest BCUT2D eigenvalue weighted by molar-refractivity contribution is 6.02. The SMILES string of the molecule is COc1ccc(OC)c(N(Cc2nc3n(n2)CCCCC3)C(=O)Nc2cccc(C)c2)c1. The summed E-state index contributed by atoms with van der Waals surface area (Å²) < 4.78 is 12.9. The first-order valence-electron chi connectivity index (χ1n) is 10.9. The summed E-state index contributed by atoms with van der Waals surface area (Å²) in [6, 6.07) is 12.8. The standard InChI is InChI=1S/C24H29N5O3/c1-17-8-7-9-18(14-17)25-24(30)28(20-15-19(31-2)11-12-21(20)32-3)16-22-26-23-10-5-4-6-13-29(23)27-22/h7-9,11-12,14-15H,4-6,10,13,16H2,1-3H3,(H,25,30). The molecule has 0 unspecified atom stereocenters. The molecule has 0 bridgehead atoms. The van der Waals surface area contributed by atoms with Crippen LogP contribution < -0.4 is 19.7 Å². The fourth-order valence-corrected chi connectivity index (χ4v) is 3.91. The number of nitrogens with one attached hydrogen (secondary N) is 1. The van der Waals surface area contributed by atoms with E-state index < -0.39 is 0 Å². The van der Waals surface area contributed by atoms with Gasteiger partial charge in [-0.1, -0.05) is 18.6 Å². The van der Waals surface area contributed by atoms with Crippen molar-refractivity contribution in [2.24, 2.45) is 0 Å². The first kappa shape index (κ1) is 21.7. The van der Waals surface area contributed by atoms with Gasteiger partial charge in [-0.25, -0.2) is 14.5 Å². The highest BCUT2D eigenvalue weighted by Gasteiger charge is 2.24. The monoisotopic (exact) mass is 435 g/mol. The Kier molecular flexibility index (Phi) is 6.58. The zero-order chi connectivity index (χ0) is 22.5. The number of aryl methyl sites for hydroxylation is 3. The molecule has 2 aromatic carbocycles. The van der Waals surface area contributed by atoms with Crippen molar-refractivity contribution >= 4 is 17.4 Å². The highest BCUT2D eigenvalue weighted by Crippen LogP contribution is 2.33. The lowest BCUT2D eigenvalue weighted by Crippen LogP contribution is -2.35. The number of hydrogen-bond donors (Lipinski definition) is 1. The number of benzene rings is 2. The third-order valence-electron chi connectivity index (χ3n) is 5.55. The largest absolute Gasteiger partial charge is 0.497 e. The summed E-state index contributed by atoms with van der Waals surface area (Å²) in [5.41, 5.74) is 2.37. The Morgan fingerprint density at radius 3 is 2.78 bits per heavy atom. The van der Waals surface area contributed by atoms with Gasteiger partial charge in [0.05, 0.1) is 26.5 Å². The minimum atomic E-state index is -0.299. The number of carbonyl (C=O) groups is 1. The van der Waals surface area contributed by atoms with Gasteiger partial charge >= 0.3 is 6.03 Å². The summed E-state index contributed by atoms with van der Waals surface area (Å²) in [7, 11) is 3.18. The van der Waals surface area contributed by atoms with Crippen molar-refractivity contribution in [3.8, 4) is 11.5 Å². The van der Waals surface area contributed by atoms with Gasteiger partial charge in [0.1, 0.15) is 17.3 Å². The van der Waals surface area contributed by atoms with Crippen LogP contribution in [-0.2, 0) is 19.5 Å². The van der Waals surface area contributed by atoms with E-state index in [9.17, 15) is 4.79 Å². The predicted octanol–water partition coefficient (Wildman–Crippen LogP) is 4.57. The second kappa shape index (κ2) is 9.72. The van der Waals surface area contributed by atoms with Crippen LogP contribution in [0.5, 0.6) is 11.5 Å². The maximum absolute atomic E-state index is 13.5. The van der Waals surface area contributed by atoms with E-state index in [1.165, 1.54) is 6.42 Å². The summed E-state index contributed by atoms with van der Waals surface area (Å²) >= 11 is 0. The lowest BCUT2D eigenvalue weighted by atomic mass is 10.2. The zero-order valence-corrected chi connectivity index (χ0v) is 18.8. The molecule has 32 heavy (non-hydrogen) atoms. The van der Waals surface area contributed by atoms with Gasteiger partial charge in [0.25, 0.3) is 0 Å². The van der Waals surface area contributed by atoms with E-state index in [0.717, 1.165) is 42.9 Å². The zero-order valence-electron chi connectivity index (χ0n) is 18.8. The first-order valence-corrected chi connectivity index (χ1v) is 10.9. The Bertz CT molecular complexity index is 1070. The van der Waals surface area contributed by atoms with Crippen molar-refractivity contribution in [1.29, 1.82) is 0 Å². The topological polar surface area (TPSA) is 81.5 Å². The molecule has 1 N–H and O–H groups in total. The average Bonchev–Trinajstić information content (AvgIpc) is 3.05. The molecule has 8 heteroatoms. The van der Waals surface area contributed by atoms with E-state index in [1.54, 1.807) is 37.3 Å². The molecule has 4 rings (SSSR count). The van der Waals surface area contributed by atoms with E-state index in [4.69, 9.17) is 14.5 Å². The first-order chi connectivity index (χ1) is 15.6. The molecule has 168 valence electrons. The summed E-state index contributed by atoms with van der Waals surface area (Å²) in [6.45, 7) is 3.06. The smallest absolute Gasteiger partial charge is 0.326 e. The van der Waals surface area contributed by atoms with Gasteiger partial charge in [-0.05, 0) is 49.6 Å². The van der Waals surface area contributed by atoms with Crippen molar-refractivity contribution in [2.75, 3.05) is 24.4 Å². The maximum atomic E-state index is 13.5. The lowest BCUT2D eigenvalue weighted by molar-refractivity contribution is 0.256. The molecular formula is C24H29N5O3. The predicted molar refractivity (Wildman–Crippen MR) is 124 cm³/mol. The van der Waals surface area contributed by atoms with Crippen LogP contribution in [0.4, 0.5) is 16.2 Å². The second-order valence-electron chi connectivity index (χ2n) is 7.90. The summed E-state index contributed by atoms with van der Waals surface area (Å²) in [6.07, 6.45) is 4.30. The van der Waals surface area contributed by atoms with E-state index in [-0.39, 0.29) is 12.6 Å². The highest BCUT2D eigenvalue weighted by atomic mass is 16.5. The lowest BCUT2D eigenvalue weighted by Gasteiger charge is -2.24. The van der Waals surface area contributed by atoms with Gasteiger partial charge in [-0.15, -0.1) is 0 Å². The van der Waals surface area contributed by atoms with Crippen LogP contribution in [0, 0.1) is 6.92 Å². The quantitative estimate of drug-likeness (QED) is 0.613. The number of ether oxygens (including phenoxy) is 2. The molecule has 8 nitrogen and oxygen atoms in total. The number of fused-ring (bicyclic) bond motifs is 1. The molecule has 2 heterocycles. The van der Waals surface area contributed by atoms with E-state index in [1.807, 2.05) is 35.9 Å².